The fourth-order valence-electron chi connectivity index (χ4n) is 7.87. The Bertz CT molecular complexity index is 853. The third-order valence-corrected chi connectivity index (χ3v) is 9.71. The summed E-state index contributed by atoms with van der Waals surface area (Å²) in [6, 6.07) is 2.19. The molecule has 0 radical (unpaired) electrons. The Morgan fingerprint density at radius 2 is 1.97 bits per heavy atom. The van der Waals surface area contributed by atoms with Crippen LogP contribution in [0.1, 0.15) is 84.1 Å². The number of pyridine rings is 1. The number of ether oxygens (including phenoxy) is 1. The van der Waals surface area contributed by atoms with E-state index >= 15 is 0 Å². The highest BCUT2D eigenvalue weighted by Crippen LogP contribution is 2.64. The van der Waals surface area contributed by atoms with Crippen molar-refractivity contribution in [3.63, 3.8) is 0 Å². The van der Waals surface area contributed by atoms with Crippen molar-refractivity contribution in [1.82, 2.24) is 9.88 Å². The van der Waals surface area contributed by atoms with E-state index < -0.39 is 0 Å². The first-order chi connectivity index (χ1) is 14.9. The summed E-state index contributed by atoms with van der Waals surface area (Å²) in [5, 5.41) is 0. The van der Waals surface area contributed by atoms with Gasteiger partial charge in [0.05, 0.1) is 12.8 Å². The van der Waals surface area contributed by atoms with Crippen molar-refractivity contribution in [3.05, 3.63) is 30.1 Å². The fraction of sp³-hybridized carbons (Fsp3) is 0.741. The van der Waals surface area contributed by atoms with Crippen LogP contribution in [0.4, 0.5) is 0 Å². The SMILES string of the molecule is CCCOc1cncc(C2=CC[C@@]3(N)[C@@H]4CCN5CCCCC[C@]5(C)[C@H]4CC[C@]23C)c1. The standard InChI is InChI=1S/C27H41N3O/c1-4-16-31-21-17-20(18-29-19-21)22-9-13-27(28)24-10-15-30-14-7-5-6-11-26(30,3)23(24)8-12-25(22,27)2/h9,17-19,23-24H,4-8,10-16,28H2,1-3H3/t23-,24+,25+,26+,27+/m0/s1. The number of nitrogens with two attached hydrogens (primary N) is 1. The maximum absolute atomic E-state index is 7.50. The summed E-state index contributed by atoms with van der Waals surface area (Å²) in [7, 11) is 0. The zero-order valence-corrected chi connectivity index (χ0v) is 19.8. The van der Waals surface area contributed by atoms with E-state index in [9.17, 15) is 0 Å². The molecule has 4 aliphatic rings. The summed E-state index contributed by atoms with van der Waals surface area (Å²) in [6.07, 6.45) is 17.5. The minimum atomic E-state index is -0.146. The normalized spacial score (nSPS) is 40.3. The van der Waals surface area contributed by atoms with Gasteiger partial charge in [0.1, 0.15) is 5.75 Å². The molecule has 0 aromatic carbocycles. The summed E-state index contributed by atoms with van der Waals surface area (Å²) < 4.78 is 5.89. The lowest BCUT2D eigenvalue weighted by Gasteiger charge is -2.63. The molecule has 3 heterocycles. The highest BCUT2D eigenvalue weighted by molar-refractivity contribution is 5.75. The zero-order valence-electron chi connectivity index (χ0n) is 19.8. The van der Waals surface area contributed by atoms with Gasteiger partial charge in [-0.3, -0.25) is 9.88 Å². The van der Waals surface area contributed by atoms with E-state index in [0.29, 0.717) is 11.5 Å². The Hall–Kier alpha value is -1.39. The number of piperidine rings is 1. The molecule has 0 unspecified atom stereocenters. The molecule has 5 atom stereocenters. The maximum Gasteiger partial charge on any atom is 0.138 e. The van der Waals surface area contributed by atoms with Crippen LogP contribution < -0.4 is 10.5 Å². The highest BCUT2D eigenvalue weighted by Gasteiger charge is 2.63. The van der Waals surface area contributed by atoms with E-state index in [1.807, 2.05) is 12.4 Å². The lowest BCUT2D eigenvalue weighted by molar-refractivity contribution is -0.0974. The van der Waals surface area contributed by atoms with Gasteiger partial charge in [-0.15, -0.1) is 0 Å². The molecule has 2 N–H and O–H groups in total. The third kappa shape index (κ3) is 3.20. The number of rotatable bonds is 4. The molecule has 170 valence electrons. The van der Waals surface area contributed by atoms with E-state index in [-0.39, 0.29) is 11.0 Å². The van der Waals surface area contributed by atoms with Gasteiger partial charge in [-0.1, -0.05) is 32.8 Å². The first-order valence-electron chi connectivity index (χ1n) is 12.8. The molecule has 31 heavy (non-hydrogen) atoms. The predicted octanol–water partition coefficient (Wildman–Crippen LogP) is 5.43. The van der Waals surface area contributed by atoms with Crippen LogP contribution >= 0.6 is 0 Å². The average molecular weight is 424 g/mol. The molecular weight excluding hydrogens is 382 g/mol. The predicted molar refractivity (Wildman–Crippen MR) is 127 cm³/mol. The van der Waals surface area contributed by atoms with Crippen molar-refractivity contribution >= 4 is 5.57 Å². The van der Waals surface area contributed by atoms with Crippen LogP contribution in [0.15, 0.2) is 24.5 Å². The number of nitrogens with zero attached hydrogens (tertiary/aromatic N) is 2. The quantitative estimate of drug-likeness (QED) is 0.702. The van der Waals surface area contributed by atoms with Gasteiger partial charge in [-0.05, 0) is 94.0 Å². The molecule has 0 bridgehead atoms. The molecule has 4 nitrogen and oxygen atoms in total. The minimum absolute atomic E-state index is 0.0164. The van der Waals surface area contributed by atoms with E-state index in [4.69, 9.17) is 10.5 Å². The van der Waals surface area contributed by atoms with Crippen LogP contribution in [0.2, 0.25) is 0 Å². The van der Waals surface area contributed by atoms with Gasteiger partial charge in [0, 0.05) is 22.7 Å². The van der Waals surface area contributed by atoms with Gasteiger partial charge in [0.25, 0.3) is 0 Å². The van der Waals surface area contributed by atoms with Crippen molar-refractivity contribution in [1.29, 1.82) is 0 Å². The Kier molecular flexibility index (Phi) is 5.45. The number of hydrogen-bond acceptors (Lipinski definition) is 4. The molecule has 5 rings (SSSR count). The molecule has 0 amide bonds. The largest absolute Gasteiger partial charge is 0.492 e. The zero-order chi connectivity index (χ0) is 21.7. The molecular formula is C27H41N3O. The van der Waals surface area contributed by atoms with Crippen LogP contribution in [-0.2, 0) is 0 Å². The van der Waals surface area contributed by atoms with Crippen LogP contribution in [0, 0.1) is 17.3 Å². The second-order valence-corrected chi connectivity index (χ2v) is 11.1. The molecule has 3 fully saturated rings. The number of fused-ring (bicyclic) bond motifs is 5. The molecule has 2 aliphatic carbocycles. The molecule has 1 aromatic rings. The van der Waals surface area contributed by atoms with Crippen LogP contribution in [0.3, 0.4) is 0 Å². The van der Waals surface area contributed by atoms with Crippen LogP contribution in [-0.4, -0.2) is 40.7 Å². The van der Waals surface area contributed by atoms with Crippen molar-refractivity contribution in [2.45, 2.75) is 89.6 Å². The first-order valence-corrected chi connectivity index (χ1v) is 12.8. The maximum atomic E-state index is 7.50. The fourth-order valence-corrected chi connectivity index (χ4v) is 7.87. The minimum Gasteiger partial charge on any atom is -0.492 e. The lowest BCUT2D eigenvalue weighted by Crippen LogP contribution is -2.69. The summed E-state index contributed by atoms with van der Waals surface area (Å²) in [6.45, 7) is 10.4. The Morgan fingerprint density at radius 1 is 1.10 bits per heavy atom. The molecule has 2 saturated heterocycles. The highest BCUT2D eigenvalue weighted by atomic mass is 16.5. The van der Waals surface area contributed by atoms with Crippen molar-refractivity contribution in [3.8, 4) is 5.75 Å². The summed E-state index contributed by atoms with van der Waals surface area (Å²) in [5.41, 5.74) is 10.3. The molecule has 1 aromatic heterocycles. The van der Waals surface area contributed by atoms with Gasteiger partial charge in [-0.25, -0.2) is 0 Å². The summed E-state index contributed by atoms with van der Waals surface area (Å²) in [5.74, 6) is 2.21. The van der Waals surface area contributed by atoms with E-state index in [1.165, 1.54) is 69.2 Å². The van der Waals surface area contributed by atoms with Crippen molar-refractivity contribution in [2.75, 3.05) is 19.7 Å². The number of aromatic nitrogens is 1. The third-order valence-electron chi connectivity index (χ3n) is 9.71. The smallest absolute Gasteiger partial charge is 0.138 e. The molecule has 2 aliphatic heterocycles. The van der Waals surface area contributed by atoms with Gasteiger partial charge in [0.2, 0.25) is 0 Å². The number of hydrogen-bond donors (Lipinski definition) is 1. The molecule has 4 heteroatoms. The Morgan fingerprint density at radius 3 is 2.81 bits per heavy atom. The summed E-state index contributed by atoms with van der Waals surface area (Å²) >= 11 is 0. The van der Waals surface area contributed by atoms with E-state index in [1.54, 1.807) is 0 Å². The first kappa shape index (κ1) is 21.5. The second kappa shape index (κ2) is 7.88. The Labute approximate surface area is 188 Å². The van der Waals surface area contributed by atoms with Crippen LogP contribution in [0.25, 0.3) is 5.57 Å². The van der Waals surface area contributed by atoms with Gasteiger partial charge >= 0.3 is 0 Å². The van der Waals surface area contributed by atoms with Gasteiger partial charge in [-0.2, -0.15) is 0 Å². The molecule has 0 spiro atoms. The van der Waals surface area contributed by atoms with E-state index in [2.05, 4.69) is 42.8 Å². The second-order valence-electron chi connectivity index (χ2n) is 11.1. The van der Waals surface area contributed by atoms with Gasteiger partial charge < -0.3 is 10.5 Å². The van der Waals surface area contributed by atoms with Gasteiger partial charge in [0.15, 0.2) is 0 Å². The summed E-state index contributed by atoms with van der Waals surface area (Å²) in [4.78, 5) is 7.36. The Balaban J connectivity index is 1.45. The average Bonchev–Trinajstić information content (AvgIpc) is 2.90. The lowest BCUT2D eigenvalue weighted by atomic mass is 9.48. The van der Waals surface area contributed by atoms with Crippen LogP contribution in [0.5, 0.6) is 5.75 Å². The molecule has 1 saturated carbocycles. The monoisotopic (exact) mass is 423 g/mol. The topological polar surface area (TPSA) is 51.4 Å². The van der Waals surface area contributed by atoms with Crippen molar-refractivity contribution < 1.29 is 4.74 Å². The van der Waals surface area contributed by atoms with E-state index in [0.717, 1.165) is 31.1 Å². The van der Waals surface area contributed by atoms with Crippen molar-refractivity contribution in [2.24, 2.45) is 23.0 Å².